The number of carbonyl (C=O) groups is 2. The van der Waals surface area contributed by atoms with Crippen LogP contribution in [0.2, 0.25) is 0 Å². The van der Waals surface area contributed by atoms with Crippen LogP contribution in [0.25, 0.3) is 5.57 Å². The number of carbonyl (C=O) groups excluding carboxylic acids is 1. The van der Waals surface area contributed by atoms with Crippen LogP contribution in [-0.2, 0) is 15.8 Å². The van der Waals surface area contributed by atoms with Crippen molar-refractivity contribution in [3.8, 4) is 5.75 Å². The molecule has 4 rings (SSSR count). The monoisotopic (exact) mass is 484 g/mol. The highest BCUT2D eigenvalue weighted by Gasteiger charge is 2.40. The predicted molar refractivity (Wildman–Crippen MR) is 123 cm³/mol. The number of rotatable bonds is 5. The summed E-state index contributed by atoms with van der Waals surface area (Å²) in [6, 6.07) is 10.6. The summed E-state index contributed by atoms with van der Waals surface area (Å²) in [6.07, 6.45) is -0.184. The number of phenolic OH excluding ortho intramolecular Hbond substituents is 1. The molecular formula is C24H19F3N4O4. The lowest BCUT2D eigenvalue weighted by Crippen LogP contribution is -2.50. The Morgan fingerprint density at radius 1 is 1.20 bits per heavy atom. The molecule has 0 spiro atoms. The lowest BCUT2D eigenvalue weighted by atomic mass is 9.84. The van der Waals surface area contributed by atoms with Gasteiger partial charge in [0.05, 0.1) is 17.0 Å². The number of amides is 1. The molecule has 0 aromatic heterocycles. The highest BCUT2D eigenvalue weighted by Crippen LogP contribution is 2.35. The number of halogens is 3. The van der Waals surface area contributed by atoms with E-state index in [0.29, 0.717) is 11.1 Å². The van der Waals surface area contributed by atoms with Crippen molar-refractivity contribution in [2.24, 2.45) is 10.2 Å². The van der Waals surface area contributed by atoms with Crippen LogP contribution >= 0.6 is 0 Å². The largest absolute Gasteiger partial charge is 0.507 e. The molecule has 0 bridgehead atoms. The number of phenols is 1. The van der Waals surface area contributed by atoms with Crippen molar-refractivity contribution in [3.63, 3.8) is 0 Å². The van der Waals surface area contributed by atoms with Gasteiger partial charge in [0.2, 0.25) is 0 Å². The van der Waals surface area contributed by atoms with E-state index in [1.54, 1.807) is 24.3 Å². The number of allylic oxidation sites excluding steroid dienone is 2. The highest BCUT2D eigenvalue weighted by molar-refractivity contribution is 6.71. The van der Waals surface area contributed by atoms with Crippen molar-refractivity contribution < 1.29 is 33.0 Å². The van der Waals surface area contributed by atoms with Gasteiger partial charge in [0.1, 0.15) is 5.75 Å². The van der Waals surface area contributed by atoms with Crippen LogP contribution in [0.15, 0.2) is 77.0 Å². The van der Waals surface area contributed by atoms with E-state index in [-0.39, 0.29) is 29.3 Å². The summed E-state index contributed by atoms with van der Waals surface area (Å²) in [5, 5.41) is 28.9. The standard InChI is InChI=1S/C24H19F3N4O4/c1-14-20(21(33)31(29-14)17-8-4-7-16(12-17)24(25,26)27)28-30-23(22(34)35)11-5-6-15(13-23)18-9-2-3-10-19(18)32/h2-12,30,32H,13H2,1H3,(H,34,35)/b28-20-. The zero-order valence-electron chi connectivity index (χ0n) is 18.2. The maximum Gasteiger partial charge on any atom is 0.416 e. The van der Waals surface area contributed by atoms with Crippen LogP contribution in [0.1, 0.15) is 24.5 Å². The fourth-order valence-corrected chi connectivity index (χ4v) is 3.72. The van der Waals surface area contributed by atoms with Gasteiger partial charge in [-0.3, -0.25) is 10.2 Å². The lowest BCUT2D eigenvalue weighted by molar-refractivity contribution is -0.142. The van der Waals surface area contributed by atoms with E-state index in [2.05, 4.69) is 15.6 Å². The molecule has 2 aromatic rings. The van der Waals surface area contributed by atoms with Gasteiger partial charge >= 0.3 is 18.1 Å². The van der Waals surface area contributed by atoms with E-state index in [9.17, 15) is 33.0 Å². The van der Waals surface area contributed by atoms with Gasteiger partial charge in [-0.05, 0) is 42.8 Å². The number of hydrogen-bond acceptors (Lipinski definition) is 6. The Morgan fingerprint density at radius 3 is 2.63 bits per heavy atom. The van der Waals surface area contributed by atoms with E-state index in [1.165, 1.54) is 31.2 Å². The normalized spacial score (nSPS) is 21.2. The number of benzene rings is 2. The number of hydrogen-bond donors (Lipinski definition) is 3. The maximum absolute atomic E-state index is 13.1. The number of hydrazone groups is 2. The molecule has 180 valence electrons. The Bertz CT molecular complexity index is 1330. The quantitative estimate of drug-likeness (QED) is 0.556. The number of nitrogens with one attached hydrogen (secondary N) is 1. The Labute approximate surface area is 197 Å². The van der Waals surface area contributed by atoms with E-state index in [1.807, 2.05) is 0 Å². The fourth-order valence-electron chi connectivity index (χ4n) is 3.72. The zero-order valence-corrected chi connectivity index (χ0v) is 18.2. The highest BCUT2D eigenvalue weighted by atomic mass is 19.4. The zero-order chi connectivity index (χ0) is 25.4. The molecule has 2 aromatic carbocycles. The van der Waals surface area contributed by atoms with Gasteiger partial charge in [0, 0.05) is 12.0 Å². The number of carboxylic acid groups (broad SMARTS) is 1. The van der Waals surface area contributed by atoms with Crippen LogP contribution in [0.3, 0.4) is 0 Å². The van der Waals surface area contributed by atoms with E-state index in [0.717, 1.165) is 23.2 Å². The van der Waals surface area contributed by atoms with Crippen molar-refractivity contribution in [1.82, 2.24) is 5.43 Å². The first-order chi connectivity index (χ1) is 16.5. The van der Waals surface area contributed by atoms with Crippen molar-refractivity contribution >= 4 is 34.6 Å². The second-order valence-electron chi connectivity index (χ2n) is 7.94. The van der Waals surface area contributed by atoms with Crippen molar-refractivity contribution in [3.05, 3.63) is 77.9 Å². The fraction of sp³-hybridized carbons (Fsp3) is 0.167. The average Bonchev–Trinajstić information content (AvgIpc) is 3.11. The topological polar surface area (TPSA) is 115 Å². The molecule has 1 aliphatic carbocycles. The summed E-state index contributed by atoms with van der Waals surface area (Å²) < 4.78 is 39.2. The van der Waals surface area contributed by atoms with Crippen molar-refractivity contribution in [2.75, 3.05) is 5.01 Å². The third-order valence-electron chi connectivity index (χ3n) is 5.55. The minimum absolute atomic E-state index is 0.0228. The average molecular weight is 484 g/mol. The molecule has 1 aliphatic heterocycles. The maximum atomic E-state index is 13.1. The van der Waals surface area contributed by atoms with Crippen LogP contribution in [0.4, 0.5) is 18.9 Å². The van der Waals surface area contributed by atoms with E-state index < -0.39 is 29.2 Å². The van der Waals surface area contributed by atoms with Gasteiger partial charge in [0.15, 0.2) is 11.3 Å². The van der Waals surface area contributed by atoms with Gasteiger partial charge in [0.25, 0.3) is 0 Å². The number of carboxylic acids is 1. The predicted octanol–water partition coefficient (Wildman–Crippen LogP) is 3.95. The third-order valence-corrected chi connectivity index (χ3v) is 5.55. The molecule has 35 heavy (non-hydrogen) atoms. The number of aromatic hydroxyl groups is 1. The molecule has 1 unspecified atom stereocenters. The summed E-state index contributed by atoms with van der Waals surface area (Å²) in [5.41, 5.74) is 0.560. The van der Waals surface area contributed by atoms with Gasteiger partial charge in [-0.2, -0.15) is 28.4 Å². The van der Waals surface area contributed by atoms with Gasteiger partial charge < -0.3 is 10.2 Å². The van der Waals surface area contributed by atoms with Gasteiger partial charge in [-0.25, -0.2) is 4.79 Å². The second-order valence-corrected chi connectivity index (χ2v) is 7.94. The molecule has 1 atom stereocenters. The first kappa shape index (κ1) is 23.7. The summed E-state index contributed by atoms with van der Waals surface area (Å²) in [7, 11) is 0. The first-order valence-corrected chi connectivity index (χ1v) is 10.3. The summed E-state index contributed by atoms with van der Waals surface area (Å²) in [6.45, 7) is 1.43. The molecule has 1 amide bonds. The Hall–Kier alpha value is -4.41. The van der Waals surface area contributed by atoms with Gasteiger partial charge in [-0.15, -0.1) is 0 Å². The minimum atomic E-state index is -4.60. The molecule has 0 saturated carbocycles. The van der Waals surface area contributed by atoms with Crippen molar-refractivity contribution in [2.45, 2.75) is 25.1 Å². The number of alkyl halides is 3. The summed E-state index contributed by atoms with van der Waals surface area (Å²) in [5.74, 6) is -2.12. The van der Waals surface area contributed by atoms with E-state index >= 15 is 0 Å². The molecule has 0 fully saturated rings. The molecular weight excluding hydrogens is 465 g/mol. The Kier molecular flexibility index (Phi) is 5.93. The summed E-state index contributed by atoms with van der Waals surface area (Å²) in [4.78, 5) is 25.1. The molecule has 0 radical (unpaired) electrons. The van der Waals surface area contributed by atoms with Gasteiger partial charge in [-0.1, -0.05) is 36.4 Å². The molecule has 2 aliphatic rings. The Morgan fingerprint density at radius 2 is 1.94 bits per heavy atom. The number of aliphatic carboxylic acids is 1. The van der Waals surface area contributed by atoms with Crippen LogP contribution < -0.4 is 10.4 Å². The number of para-hydroxylation sites is 1. The SMILES string of the molecule is CC1=NN(c2cccc(C(F)(F)F)c2)C(=O)/C1=N\NC1(C(=O)O)C=CC=C(c2ccccc2O)C1. The van der Waals surface area contributed by atoms with Crippen LogP contribution in [-0.4, -0.2) is 39.1 Å². The second kappa shape index (κ2) is 8.75. The molecule has 1 heterocycles. The molecule has 0 saturated heterocycles. The van der Waals surface area contributed by atoms with Crippen LogP contribution in [0, 0.1) is 0 Å². The number of anilines is 1. The van der Waals surface area contributed by atoms with Crippen molar-refractivity contribution in [1.29, 1.82) is 0 Å². The minimum Gasteiger partial charge on any atom is -0.507 e. The summed E-state index contributed by atoms with van der Waals surface area (Å²) >= 11 is 0. The smallest absolute Gasteiger partial charge is 0.416 e. The molecule has 8 nitrogen and oxygen atoms in total. The first-order valence-electron chi connectivity index (χ1n) is 10.3. The van der Waals surface area contributed by atoms with E-state index in [4.69, 9.17) is 0 Å². The Balaban J connectivity index is 1.60. The third kappa shape index (κ3) is 4.52. The lowest BCUT2D eigenvalue weighted by Gasteiger charge is -2.29. The van der Waals surface area contributed by atoms with Crippen LogP contribution in [0.5, 0.6) is 5.75 Å². The molecule has 3 N–H and O–H groups in total. The number of nitrogens with zero attached hydrogens (tertiary/aromatic N) is 3. The molecule has 11 heteroatoms.